The smallest absolute Gasteiger partial charge is 0.257 e. The molecule has 0 aliphatic carbocycles. The van der Waals surface area contributed by atoms with E-state index in [1.165, 1.54) is 0 Å². The van der Waals surface area contributed by atoms with Crippen molar-refractivity contribution in [2.24, 2.45) is 0 Å². The van der Waals surface area contributed by atoms with Crippen molar-refractivity contribution >= 4 is 39.5 Å². The number of imidazole rings is 1. The van der Waals surface area contributed by atoms with Gasteiger partial charge in [-0.1, -0.05) is 54.6 Å². The molecule has 1 aromatic heterocycles. The van der Waals surface area contributed by atoms with Crippen LogP contribution in [0.4, 0.5) is 0 Å². The number of para-hydroxylation sites is 2. The molecule has 3 aromatic carbocycles. The van der Waals surface area contributed by atoms with Gasteiger partial charge in [0.1, 0.15) is 5.82 Å². The number of aromatic amines is 1. The van der Waals surface area contributed by atoms with E-state index in [1.807, 2.05) is 66.7 Å². The van der Waals surface area contributed by atoms with Crippen LogP contribution in [-0.4, -0.2) is 34.2 Å². The van der Waals surface area contributed by atoms with E-state index < -0.39 is 11.8 Å². The molecule has 3 amide bonds. The lowest BCUT2D eigenvalue weighted by molar-refractivity contribution is -0.129. The number of aromatic nitrogens is 2. The molecule has 4 aromatic rings. The monoisotopic (exact) mass is 415 g/mol. The summed E-state index contributed by atoms with van der Waals surface area (Å²) in [5.74, 6) is -0.727. The second-order valence-electron chi connectivity index (χ2n) is 7.07. The number of carbonyl (C=O) groups is 3. The highest BCUT2D eigenvalue weighted by atomic mass is 16.2. The Hall–Kier alpha value is -4.20. The highest BCUT2D eigenvalue weighted by Crippen LogP contribution is 2.18. The Morgan fingerprint density at radius 1 is 0.774 bits per heavy atom. The third kappa shape index (κ3) is 5.05. The van der Waals surface area contributed by atoms with Crippen LogP contribution >= 0.6 is 0 Å². The van der Waals surface area contributed by atoms with Gasteiger partial charge in [0.15, 0.2) is 0 Å². The average Bonchev–Trinajstić information content (AvgIpc) is 3.19. The molecule has 0 radical (unpaired) electrons. The van der Waals surface area contributed by atoms with Crippen molar-refractivity contribution in [3.8, 4) is 0 Å². The molecule has 31 heavy (non-hydrogen) atoms. The first-order chi connectivity index (χ1) is 15.1. The van der Waals surface area contributed by atoms with Crippen LogP contribution in [0.5, 0.6) is 0 Å². The third-order valence-electron chi connectivity index (χ3n) is 4.78. The zero-order valence-corrected chi connectivity index (χ0v) is 16.6. The maximum absolute atomic E-state index is 12.2. The molecule has 0 atom stereocenters. The standard InChI is InChI=1S/C23H21N5O3/c29-21(12-16-8-5-7-15-6-1-2-9-17(15)16)24-14-23(31)28-27-22(30)13-20-25-18-10-3-4-11-19(18)26-20/h1-11H,12-14H2,(H,24,29)(H,25,26)(H,27,30)(H,28,31). The summed E-state index contributed by atoms with van der Waals surface area (Å²) in [6, 6.07) is 21.0. The summed E-state index contributed by atoms with van der Waals surface area (Å²) in [5.41, 5.74) is 7.10. The van der Waals surface area contributed by atoms with Crippen LogP contribution in [0.2, 0.25) is 0 Å². The van der Waals surface area contributed by atoms with Gasteiger partial charge >= 0.3 is 0 Å². The zero-order valence-electron chi connectivity index (χ0n) is 16.6. The van der Waals surface area contributed by atoms with Crippen LogP contribution in [0.1, 0.15) is 11.4 Å². The summed E-state index contributed by atoms with van der Waals surface area (Å²) in [6.07, 6.45) is 0.148. The molecule has 0 aliphatic heterocycles. The Balaban J connectivity index is 1.22. The number of hydrazine groups is 1. The SMILES string of the molecule is O=C(Cc1cccc2ccccc12)NCC(=O)NNC(=O)Cc1nc2ccccc2[nH]1. The molecule has 4 N–H and O–H groups in total. The minimum Gasteiger partial charge on any atom is -0.347 e. The predicted octanol–water partition coefficient (Wildman–Crippen LogP) is 1.76. The molecule has 0 aliphatic rings. The van der Waals surface area contributed by atoms with Crippen LogP contribution in [0, 0.1) is 0 Å². The van der Waals surface area contributed by atoms with Crippen molar-refractivity contribution < 1.29 is 14.4 Å². The first-order valence-corrected chi connectivity index (χ1v) is 9.83. The van der Waals surface area contributed by atoms with Crippen LogP contribution in [0.25, 0.3) is 21.8 Å². The summed E-state index contributed by atoms with van der Waals surface area (Å²) >= 11 is 0. The fourth-order valence-electron chi connectivity index (χ4n) is 3.33. The molecule has 156 valence electrons. The number of benzene rings is 3. The lowest BCUT2D eigenvalue weighted by Crippen LogP contribution is -2.47. The largest absolute Gasteiger partial charge is 0.347 e. The van der Waals surface area contributed by atoms with E-state index in [0.29, 0.717) is 5.82 Å². The van der Waals surface area contributed by atoms with Gasteiger partial charge in [-0.3, -0.25) is 25.2 Å². The number of hydrogen-bond acceptors (Lipinski definition) is 4. The maximum Gasteiger partial charge on any atom is 0.257 e. The Morgan fingerprint density at radius 2 is 1.52 bits per heavy atom. The molecule has 8 heteroatoms. The topological polar surface area (TPSA) is 116 Å². The third-order valence-corrected chi connectivity index (χ3v) is 4.78. The number of fused-ring (bicyclic) bond motifs is 2. The first-order valence-electron chi connectivity index (χ1n) is 9.83. The van der Waals surface area contributed by atoms with Crippen molar-refractivity contribution in [2.75, 3.05) is 6.54 Å². The van der Waals surface area contributed by atoms with E-state index in [4.69, 9.17) is 0 Å². The van der Waals surface area contributed by atoms with Gasteiger partial charge in [-0.05, 0) is 28.5 Å². The second-order valence-corrected chi connectivity index (χ2v) is 7.07. The molecule has 0 fully saturated rings. The van der Waals surface area contributed by atoms with Gasteiger partial charge in [0.25, 0.3) is 5.91 Å². The van der Waals surface area contributed by atoms with Crippen LogP contribution < -0.4 is 16.2 Å². The minimum atomic E-state index is -0.524. The number of nitrogens with zero attached hydrogens (tertiary/aromatic N) is 1. The maximum atomic E-state index is 12.2. The van der Waals surface area contributed by atoms with Crippen molar-refractivity contribution in [1.29, 1.82) is 0 Å². The summed E-state index contributed by atoms with van der Waals surface area (Å²) in [6.45, 7) is -0.242. The number of H-pyrrole nitrogens is 1. The van der Waals surface area contributed by atoms with Gasteiger partial charge in [0.2, 0.25) is 11.8 Å². The normalized spacial score (nSPS) is 10.7. The summed E-state index contributed by atoms with van der Waals surface area (Å²) in [5, 5.41) is 4.62. The number of hydrogen-bond donors (Lipinski definition) is 4. The van der Waals surface area contributed by atoms with Crippen LogP contribution in [-0.2, 0) is 27.2 Å². The molecular weight excluding hydrogens is 394 g/mol. The summed E-state index contributed by atoms with van der Waals surface area (Å²) < 4.78 is 0. The fourth-order valence-corrected chi connectivity index (χ4v) is 3.33. The fraction of sp³-hybridized carbons (Fsp3) is 0.130. The lowest BCUT2D eigenvalue weighted by Gasteiger charge is -2.09. The molecule has 0 saturated heterocycles. The van der Waals surface area contributed by atoms with E-state index in [0.717, 1.165) is 27.4 Å². The molecule has 0 bridgehead atoms. The van der Waals surface area contributed by atoms with Gasteiger partial charge in [-0.25, -0.2) is 4.98 Å². The highest BCUT2D eigenvalue weighted by Gasteiger charge is 2.11. The lowest BCUT2D eigenvalue weighted by atomic mass is 10.0. The van der Waals surface area contributed by atoms with Crippen LogP contribution in [0.3, 0.4) is 0 Å². The number of rotatable bonds is 6. The van der Waals surface area contributed by atoms with Crippen molar-refractivity contribution in [3.63, 3.8) is 0 Å². The number of amides is 3. The van der Waals surface area contributed by atoms with Gasteiger partial charge in [0.05, 0.1) is 30.4 Å². The Bertz CT molecular complexity index is 1230. The second kappa shape index (κ2) is 9.08. The molecule has 0 spiro atoms. The minimum absolute atomic E-state index is 0.0115. The van der Waals surface area contributed by atoms with Crippen molar-refractivity contribution in [1.82, 2.24) is 26.1 Å². The molecular formula is C23H21N5O3. The number of carbonyl (C=O) groups excluding carboxylic acids is 3. The van der Waals surface area contributed by atoms with Crippen LogP contribution in [0.15, 0.2) is 66.7 Å². The van der Waals surface area contributed by atoms with E-state index in [2.05, 4.69) is 26.1 Å². The van der Waals surface area contributed by atoms with E-state index in [-0.39, 0.29) is 25.3 Å². The Morgan fingerprint density at radius 3 is 2.39 bits per heavy atom. The molecule has 0 unspecified atom stereocenters. The van der Waals surface area contributed by atoms with Crippen molar-refractivity contribution in [2.45, 2.75) is 12.8 Å². The molecule has 4 rings (SSSR count). The van der Waals surface area contributed by atoms with E-state index in [9.17, 15) is 14.4 Å². The quantitative estimate of drug-likeness (QED) is 0.359. The first kappa shape index (κ1) is 20.1. The van der Waals surface area contributed by atoms with E-state index >= 15 is 0 Å². The summed E-state index contributed by atoms with van der Waals surface area (Å²) in [7, 11) is 0. The Kier molecular flexibility index (Phi) is 5.89. The van der Waals surface area contributed by atoms with Gasteiger partial charge in [-0.2, -0.15) is 0 Å². The van der Waals surface area contributed by atoms with Gasteiger partial charge in [-0.15, -0.1) is 0 Å². The van der Waals surface area contributed by atoms with Gasteiger partial charge < -0.3 is 10.3 Å². The highest BCUT2D eigenvalue weighted by molar-refractivity contribution is 5.92. The average molecular weight is 415 g/mol. The van der Waals surface area contributed by atoms with Gasteiger partial charge in [0, 0.05) is 0 Å². The Labute approximate surface area is 178 Å². The number of nitrogens with one attached hydrogen (secondary N) is 4. The summed E-state index contributed by atoms with van der Waals surface area (Å²) in [4.78, 5) is 43.6. The molecule has 0 saturated carbocycles. The van der Waals surface area contributed by atoms with E-state index in [1.54, 1.807) is 0 Å². The predicted molar refractivity (Wildman–Crippen MR) is 117 cm³/mol. The van der Waals surface area contributed by atoms with Crippen molar-refractivity contribution in [3.05, 3.63) is 78.1 Å². The zero-order chi connectivity index (χ0) is 21.6. The molecule has 1 heterocycles. The molecule has 8 nitrogen and oxygen atoms in total.